The molecule has 0 aliphatic heterocycles. The monoisotopic (exact) mass is 859 g/mol. The van der Waals surface area contributed by atoms with E-state index in [-0.39, 0.29) is 34.2 Å². The van der Waals surface area contributed by atoms with Crippen LogP contribution in [0, 0.1) is 116 Å². The van der Waals surface area contributed by atoms with Crippen LogP contribution in [0.25, 0.3) is 0 Å². The minimum atomic E-state index is -0.409. The first kappa shape index (κ1) is 47.7. The lowest BCUT2D eigenvalue weighted by molar-refractivity contribution is -0.172. The van der Waals surface area contributed by atoms with E-state index < -0.39 is 12.2 Å². The van der Waals surface area contributed by atoms with Crippen molar-refractivity contribution < 1.29 is 19.8 Å². The van der Waals surface area contributed by atoms with Crippen molar-refractivity contribution >= 4 is 11.6 Å². The van der Waals surface area contributed by atoms with Crippen molar-refractivity contribution in [3.05, 3.63) is 0 Å². The molecule has 2 N–H and O–H groups in total. The van der Waals surface area contributed by atoms with Crippen LogP contribution in [0.3, 0.4) is 0 Å². The molecule has 4 heteroatoms. The lowest BCUT2D eigenvalue weighted by atomic mass is 9.41. The van der Waals surface area contributed by atoms with E-state index in [9.17, 15) is 19.8 Å². The second-order valence-corrected chi connectivity index (χ2v) is 26.9. The molecule has 0 amide bonds. The maximum absolute atomic E-state index is 14.9. The van der Waals surface area contributed by atoms with Crippen molar-refractivity contribution in [2.75, 3.05) is 0 Å². The zero-order valence-electron chi connectivity index (χ0n) is 42.1. The number of Topliss-reactive ketones (excluding diaryl/α,β-unsaturated/α-hetero) is 2. The summed E-state index contributed by atoms with van der Waals surface area (Å²) in [4.78, 5) is 29.9. The van der Waals surface area contributed by atoms with Gasteiger partial charge in [-0.05, 0) is 207 Å². The maximum atomic E-state index is 14.9. The summed E-state index contributed by atoms with van der Waals surface area (Å²) >= 11 is 0. The summed E-state index contributed by atoms with van der Waals surface area (Å²) in [5.74, 6) is 9.85. The van der Waals surface area contributed by atoms with Crippen molar-refractivity contribution in [3.63, 3.8) is 0 Å². The molecule has 0 aromatic rings. The van der Waals surface area contributed by atoms with Crippen molar-refractivity contribution in [1.82, 2.24) is 0 Å². The van der Waals surface area contributed by atoms with Gasteiger partial charge >= 0.3 is 0 Å². The lowest BCUT2D eigenvalue weighted by Crippen LogP contribution is -2.59. The average Bonchev–Trinajstić information content (AvgIpc) is 3.76. The Morgan fingerprint density at radius 1 is 0.484 bits per heavy atom. The predicted molar refractivity (Wildman–Crippen MR) is 255 cm³/mol. The quantitative estimate of drug-likeness (QED) is 0.172. The fraction of sp³-hybridized carbons (Fsp3) is 0.966. The number of hydrogen-bond acceptors (Lipinski definition) is 4. The molecule has 62 heavy (non-hydrogen) atoms. The number of rotatable bonds is 15. The zero-order chi connectivity index (χ0) is 44.5. The van der Waals surface area contributed by atoms with Crippen LogP contribution in [0.2, 0.25) is 0 Å². The molecule has 8 saturated carbocycles. The highest BCUT2D eigenvalue weighted by Gasteiger charge is 2.65. The van der Waals surface area contributed by atoms with Crippen molar-refractivity contribution in [3.8, 4) is 0 Å². The third kappa shape index (κ3) is 8.24. The van der Waals surface area contributed by atoms with E-state index in [1.807, 2.05) is 0 Å². The van der Waals surface area contributed by atoms with E-state index in [4.69, 9.17) is 0 Å². The van der Waals surface area contributed by atoms with Crippen LogP contribution in [0.1, 0.15) is 223 Å². The van der Waals surface area contributed by atoms with Crippen LogP contribution in [-0.2, 0) is 9.59 Å². The van der Waals surface area contributed by atoms with Gasteiger partial charge in [-0.15, -0.1) is 0 Å². The van der Waals surface area contributed by atoms with Gasteiger partial charge < -0.3 is 10.2 Å². The second kappa shape index (κ2) is 18.4. The highest BCUT2D eigenvalue weighted by Crippen LogP contribution is 2.71. The SMILES string of the molecule is CC(C)CCC[C@@H](C)[C@H]1CC[C@H]2[C@H]3CC[C@@H]4C[C@H](O)CC(C(=O)CCC(=O)C5C[C@@H](O)C[C@H]6CC[C@@H]7[C@@H]8CC[C@H]([C@H](C)CCCC(C)C)[C@@]8(C)CC[C@@H]7[C@@]56C)[C@]4(C)[C@H]3CC[C@]12C. The van der Waals surface area contributed by atoms with Gasteiger partial charge in [0, 0.05) is 24.7 Å². The number of hydrogen-bond donors (Lipinski definition) is 2. The number of fused-ring (bicyclic) bond motifs is 10. The Hall–Kier alpha value is -0.740. The molecule has 0 aromatic heterocycles. The Morgan fingerprint density at radius 3 is 1.24 bits per heavy atom. The molecule has 8 rings (SSSR count). The fourth-order valence-corrected chi connectivity index (χ4v) is 20.3. The highest BCUT2D eigenvalue weighted by atomic mass is 16.3. The summed E-state index contributed by atoms with van der Waals surface area (Å²) in [6.07, 6.45) is 26.2. The van der Waals surface area contributed by atoms with Gasteiger partial charge in [0.05, 0.1) is 12.2 Å². The molecule has 20 atom stereocenters. The van der Waals surface area contributed by atoms with Crippen LogP contribution in [0.4, 0.5) is 0 Å². The number of aliphatic hydroxyl groups excluding tert-OH is 2. The zero-order valence-corrected chi connectivity index (χ0v) is 42.1. The van der Waals surface area contributed by atoms with E-state index in [1.165, 1.54) is 103 Å². The maximum Gasteiger partial charge on any atom is 0.137 e. The van der Waals surface area contributed by atoms with E-state index in [1.54, 1.807) is 0 Å². The fourth-order valence-electron chi connectivity index (χ4n) is 20.3. The molecule has 8 fully saturated rings. The van der Waals surface area contributed by atoms with Crippen LogP contribution >= 0.6 is 0 Å². The van der Waals surface area contributed by atoms with E-state index >= 15 is 0 Å². The van der Waals surface area contributed by atoms with Crippen LogP contribution in [0.5, 0.6) is 0 Å². The van der Waals surface area contributed by atoms with Crippen LogP contribution in [0.15, 0.2) is 0 Å². The van der Waals surface area contributed by atoms with Crippen molar-refractivity contribution in [2.45, 2.75) is 236 Å². The Balaban J connectivity index is 0.952. The molecule has 0 aromatic carbocycles. The standard InChI is InChI=1S/C58H98O4/c1-35(2)13-11-15-37(5)45-21-23-47-43-19-17-39-31-41(59)33-51(57(39,9)49(43)27-29-55(45,47)7)53(61)25-26-54(62)52-34-42(60)32-40-18-20-44-48-24-22-46(38(6)16-12-14-36(3)4)56(48,8)30-28-50(44)58(40,52)10/h35-52,59-60H,11-34H2,1-10H3/t37-,38-,39-,40-,41+,42+,43-,44-,45-,46-,47+,48+,49+,50+,51?,52?,55-,56-,57+,58+/m1/s1. The van der Waals surface area contributed by atoms with Crippen LogP contribution in [-0.4, -0.2) is 34.0 Å². The molecule has 8 aliphatic rings. The summed E-state index contributed by atoms with van der Waals surface area (Å²) in [6.45, 7) is 24.9. The number of ketones is 2. The number of carbonyl (C=O) groups excluding carboxylic acids is 2. The topological polar surface area (TPSA) is 74.6 Å². The molecule has 0 radical (unpaired) electrons. The molecule has 4 nitrogen and oxygen atoms in total. The van der Waals surface area contributed by atoms with E-state index in [0.29, 0.717) is 72.0 Å². The average molecular weight is 859 g/mol. The lowest BCUT2D eigenvalue weighted by Gasteiger charge is -2.63. The van der Waals surface area contributed by atoms with Crippen molar-refractivity contribution in [2.24, 2.45) is 116 Å². The molecular weight excluding hydrogens is 761 g/mol. The van der Waals surface area contributed by atoms with Crippen LogP contribution < -0.4 is 0 Å². The van der Waals surface area contributed by atoms with E-state index in [0.717, 1.165) is 73.0 Å². The molecular formula is C58H98O4. The Kier molecular flexibility index (Phi) is 14.2. The van der Waals surface area contributed by atoms with E-state index in [2.05, 4.69) is 69.2 Å². The minimum absolute atomic E-state index is 0.0842. The van der Waals surface area contributed by atoms with Gasteiger partial charge in [0.15, 0.2) is 0 Å². The molecule has 8 aliphatic carbocycles. The summed E-state index contributed by atoms with van der Waals surface area (Å²) in [5.41, 5.74) is 0.666. The largest absolute Gasteiger partial charge is 0.393 e. The molecule has 0 heterocycles. The number of aliphatic hydroxyl groups is 2. The van der Waals surface area contributed by atoms with Gasteiger partial charge in [0.1, 0.15) is 11.6 Å². The molecule has 2 unspecified atom stereocenters. The second-order valence-electron chi connectivity index (χ2n) is 26.9. The van der Waals surface area contributed by atoms with Crippen molar-refractivity contribution in [1.29, 1.82) is 0 Å². The molecule has 0 saturated heterocycles. The first-order chi connectivity index (χ1) is 29.3. The highest BCUT2D eigenvalue weighted by molar-refractivity contribution is 5.89. The predicted octanol–water partition coefficient (Wildman–Crippen LogP) is 14.3. The summed E-state index contributed by atoms with van der Waals surface area (Å²) < 4.78 is 0. The Morgan fingerprint density at radius 2 is 0.871 bits per heavy atom. The third-order valence-corrected chi connectivity index (χ3v) is 23.4. The first-order valence-electron chi connectivity index (χ1n) is 27.7. The van der Waals surface area contributed by atoms with Gasteiger partial charge in [-0.25, -0.2) is 0 Å². The normalized spacial score (nSPS) is 48.4. The minimum Gasteiger partial charge on any atom is -0.393 e. The summed E-state index contributed by atoms with van der Waals surface area (Å²) in [7, 11) is 0. The van der Waals surface area contributed by atoms with Gasteiger partial charge in [0.25, 0.3) is 0 Å². The number of carbonyl (C=O) groups is 2. The summed E-state index contributed by atoms with van der Waals surface area (Å²) in [5, 5.41) is 22.8. The Bertz CT molecular complexity index is 1450. The van der Waals surface area contributed by atoms with Gasteiger partial charge in [-0.1, -0.05) is 108 Å². The van der Waals surface area contributed by atoms with Gasteiger partial charge in [-0.3, -0.25) is 9.59 Å². The molecule has 0 spiro atoms. The smallest absolute Gasteiger partial charge is 0.137 e. The molecule has 0 bridgehead atoms. The van der Waals surface area contributed by atoms with Gasteiger partial charge in [0.2, 0.25) is 0 Å². The van der Waals surface area contributed by atoms with Gasteiger partial charge in [-0.2, -0.15) is 0 Å². The summed E-state index contributed by atoms with van der Waals surface area (Å²) in [6, 6.07) is 0. The third-order valence-electron chi connectivity index (χ3n) is 23.4. The Labute approximate surface area is 381 Å². The molecule has 354 valence electrons. The first-order valence-corrected chi connectivity index (χ1v) is 27.7.